The first kappa shape index (κ1) is 22.8. The molecule has 1 aromatic heterocycles. The molecule has 3 heterocycles. The molecule has 176 valence electrons. The van der Waals surface area contributed by atoms with Crippen LogP contribution in [0.25, 0.3) is 0 Å². The first-order valence-electron chi connectivity index (χ1n) is 11.5. The van der Waals surface area contributed by atoms with Crippen molar-refractivity contribution in [1.29, 1.82) is 0 Å². The number of anilines is 3. The summed E-state index contributed by atoms with van der Waals surface area (Å²) in [6, 6.07) is 6.81. The lowest BCUT2D eigenvalue weighted by Crippen LogP contribution is -2.48. The summed E-state index contributed by atoms with van der Waals surface area (Å²) in [5.74, 6) is 1.39. The normalized spacial score (nSPS) is 15.8. The molecule has 1 aromatic carbocycles. The summed E-state index contributed by atoms with van der Waals surface area (Å²) in [6.07, 6.45) is 2.36. The van der Waals surface area contributed by atoms with Crippen molar-refractivity contribution in [2.45, 2.75) is 19.9 Å². The maximum Gasteiger partial charge on any atom is 0.317 e. The van der Waals surface area contributed by atoms with Crippen LogP contribution < -0.4 is 20.0 Å². The van der Waals surface area contributed by atoms with Crippen LogP contribution in [0.2, 0.25) is 0 Å². The molecular formula is C24H32FN7O. The van der Waals surface area contributed by atoms with Gasteiger partial charge in [-0.15, -0.1) is 6.58 Å². The van der Waals surface area contributed by atoms with E-state index in [1.807, 2.05) is 19.2 Å². The van der Waals surface area contributed by atoms with Crippen molar-refractivity contribution in [2.75, 3.05) is 67.6 Å². The highest BCUT2D eigenvalue weighted by Crippen LogP contribution is 2.29. The average Bonchev–Trinajstić information content (AvgIpc) is 2.86. The van der Waals surface area contributed by atoms with Gasteiger partial charge in [0, 0.05) is 64.8 Å². The molecule has 8 nitrogen and oxygen atoms in total. The number of amides is 2. The summed E-state index contributed by atoms with van der Waals surface area (Å²) in [4.78, 5) is 30.5. The molecule has 2 aliphatic rings. The van der Waals surface area contributed by atoms with Gasteiger partial charge in [-0.3, -0.25) is 0 Å². The molecule has 0 aliphatic carbocycles. The van der Waals surface area contributed by atoms with E-state index in [2.05, 4.69) is 33.5 Å². The Morgan fingerprint density at radius 1 is 1.18 bits per heavy atom. The van der Waals surface area contributed by atoms with Crippen molar-refractivity contribution in [2.24, 2.45) is 0 Å². The number of hydrogen-bond donors (Lipinski definition) is 1. The summed E-state index contributed by atoms with van der Waals surface area (Å²) < 4.78 is 14.2. The lowest BCUT2D eigenvalue weighted by atomic mass is 10.1. The number of para-hydroxylation sites is 1. The van der Waals surface area contributed by atoms with Crippen LogP contribution in [-0.4, -0.2) is 73.8 Å². The smallest absolute Gasteiger partial charge is 0.317 e. The minimum Gasteiger partial charge on any atom is -0.366 e. The van der Waals surface area contributed by atoms with E-state index < -0.39 is 0 Å². The van der Waals surface area contributed by atoms with E-state index >= 15 is 0 Å². The molecule has 1 N–H and O–H groups in total. The van der Waals surface area contributed by atoms with Gasteiger partial charge >= 0.3 is 6.03 Å². The molecule has 1 saturated heterocycles. The summed E-state index contributed by atoms with van der Waals surface area (Å²) in [5, 5.41) is 2.86. The fourth-order valence-electron chi connectivity index (χ4n) is 4.29. The van der Waals surface area contributed by atoms with E-state index in [4.69, 9.17) is 9.97 Å². The molecule has 2 aliphatic heterocycles. The van der Waals surface area contributed by atoms with Crippen LogP contribution in [-0.2, 0) is 13.0 Å². The molecule has 4 rings (SSSR count). The number of carbonyl (C=O) groups is 1. The van der Waals surface area contributed by atoms with Crippen LogP contribution in [0.4, 0.5) is 26.6 Å². The van der Waals surface area contributed by atoms with Crippen LogP contribution in [0.3, 0.4) is 0 Å². The Morgan fingerprint density at radius 2 is 1.91 bits per heavy atom. The predicted molar refractivity (Wildman–Crippen MR) is 130 cm³/mol. The predicted octanol–water partition coefficient (Wildman–Crippen LogP) is 2.65. The Bertz CT molecular complexity index is 1010. The maximum absolute atomic E-state index is 14.2. The van der Waals surface area contributed by atoms with Crippen molar-refractivity contribution in [3.63, 3.8) is 0 Å². The number of urea groups is 1. The van der Waals surface area contributed by atoms with Crippen LogP contribution in [0, 0.1) is 5.82 Å². The van der Waals surface area contributed by atoms with E-state index in [1.165, 1.54) is 6.07 Å². The largest absolute Gasteiger partial charge is 0.366 e. The monoisotopic (exact) mass is 453 g/mol. The van der Waals surface area contributed by atoms with E-state index in [-0.39, 0.29) is 11.8 Å². The van der Waals surface area contributed by atoms with Gasteiger partial charge in [-0.1, -0.05) is 18.2 Å². The number of fused-ring (bicyclic) bond motifs is 1. The number of piperazine rings is 1. The minimum absolute atomic E-state index is 0.0982. The molecular weight excluding hydrogens is 421 g/mol. The maximum atomic E-state index is 14.2. The van der Waals surface area contributed by atoms with Gasteiger partial charge in [0.1, 0.15) is 11.6 Å². The number of carbonyl (C=O) groups excluding carboxylic acids is 1. The Morgan fingerprint density at radius 3 is 2.61 bits per heavy atom. The lowest BCUT2D eigenvalue weighted by molar-refractivity contribution is 0.193. The number of benzene rings is 1. The second kappa shape index (κ2) is 10.1. The molecule has 0 unspecified atom stereocenters. The van der Waals surface area contributed by atoms with Gasteiger partial charge in [-0.2, -0.15) is 4.98 Å². The lowest BCUT2D eigenvalue weighted by Gasteiger charge is -2.37. The van der Waals surface area contributed by atoms with Gasteiger partial charge in [0.25, 0.3) is 0 Å². The fraction of sp³-hybridized carbons (Fsp3) is 0.458. The Balaban J connectivity index is 1.53. The molecule has 9 heteroatoms. The van der Waals surface area contributed by atoms with Gasteiger partial charge in [0.2, 0.25) is 5.95 Å². The second-order valence-corrected chi connectivity index (χ2v) is 8.36. The molecule has 0 bridgehead atoms. The SMILES string of the molecule is C=CCNC(=O)N1CCc2nc(N3CCN(c4ccccc4F)CC3)nc(N(C)CC)c2C1. The molecule has 33 heavy (non-hydrogen) atoms. The van der Waals surface area contributed by atoms with Crippen molar-refractivity contribution in [1.82, 2.24) is 20.2 Å². The van der Waals surface area contributed by atoms with Crippen LogP contribution in [0.5, 0.6) is 0 Å². The molecule has 0 spiro atoms. The molecule has 1 fully saturated rings. The van der Waals surface area contributed by atoms with E-state index in [0.29, 0.717) is 50.8 Å². The van der Waals surface area contributed by atoms with Gasteiger partial charge in [0.05, 0.1) is 17.9 Å². The third-order valence-electron chi connectivity index (χ3n) is 6.30. The number of nitrogens with one attached hydrogen (secondary N) is 1. The molecule has 2 amide bonds. The van der Waals surface area contributed by atoms with Crippen LogP contribution in [0.15, 0.2) is 36.9 Å². The third-order valence-corrected chi connectivity index (χ3v) is 6.30. The van der Waals surface area contributed by atoms with E-state index in [9.17, 15) is 9.18 Å². The summed E-state index contributed by atoms with van der Waals surface area (Å²) in [7, 11) is 2.01. The van der Waals surface area contributed by atoms with Gasteiger partial charge in [-0.25, -0.2) is 14.2 Å². The standard InChI is InChI=1S/C24H32FN7O/c1-4-11-26-24(33)32-12-10-20-18(17-32)22(29(3)5-2)28-23(27-20)31-15-13-30(14-16-31)21-9-7-6-8-19(21)25/h4,6-9H,1,5,10-17H2,2-3H3,(H,26,33). The molecule has 0 saturated carbocycles. The zero-order chi connectivity index (χ0) is 23.4. The van der Waals surface area contributed by atoms with Gasteiger partial charge < -0.3 is 24.9 Å². The number of halogens is 1. The summed E-state index contributed by atoms with van der Waals surface area (Å²) in [6.45, 7) is 10.9. The summed E-state index contributed by atoms with van der Waals surface area (Å²) in [5.41, 5.74) is 2.65. The Labute approximate surface area is 194 Å². The Hall–Kier alpha value is -3.36. The zero-order valence-corrected chi connectivity index (χ0v) is 19.4. The van der Waals surface area contributed by atoms with Crippen LogP contribution in [0.1, 0.15) is 18.2 Å². The van der Waals surface area contributed by atoms with Crippen molar-refractivity contribution in [3.8, 4) is 0 Å². The highest BCUT2D eigenvalue weighted by Gasteiger charge is 2.28. The average molecular weight is 454 g/mol. The topological polar surface area (TPSA) is 67.8 Å². The quantitative estimate of drug-likeness (QED) is 0.679. The van der Waals surface area contributed by atoms with Crippen molar-refractivity contribution >= 4 is 23.5 Å². The number of aromatic nitrogens is 2. The van der Waals surface area contributed by atoms with Gasteiger partial charge in [0.15, 0.2) is 0 Å². The van der Waals surface area contributed by atoms with Gasteiger partial charge in [-0.05, 0) is 19.1 Å². The molecule has 2 aromatic rings. The highest BCUT2D eigenvalue weighted by molar-refractivity contribution is 5.75. The van der Waals surface area contributed by atoms with E-state index in [0.717, 1.165) is 36.7 Å². The third kappa shape index (κ3) is 4.86. The van der Waals surface area contributed by atoms with Crippen molar-refractivity contribution < 1.29 is 9.18 Å². The molecule has 0 atom stereocenters. The minimum atomic E-state index is -0.190. The Kier molecular flexibility index (Phi) is 6.96. The molecule has 0 radical (unpaired) electrons. The second-order valence-electron chi connectivity index (χ2n) is 8.36. The van der Waals surface area contributed by atoms with Crippen molar-refractivity contribution in [3.05, 3.63) is 54.0 Å². The number of rotatable bonds is 6. The summed E-state index contributed by atoms with van der Waals surface area (Å²) >= 11 is 0. The number of nitrogens with zero attached hydrogens (tertiary/aromatic N) is 6. The fourth-order valence-corrected chi connectivity index (χ4v) is 4.29. The first-order chi connectivity index (χ1) is 16.0. The van der Waals surface area contributed by atoms with E-state index in [1.54, 1.807) is 17.0 Å². The first-order valence-corrected chi connectivity index (χ1v) is 11.5. The highest BCUT2D eigenvalue weighted by atomic mass is 19.1. The zero-order valence-electron chi connectivity index (χ0n) is 19.4. The van der Waals surface area contributed by atoms with Crippen LogP contribution >= 0.6 is 0 Å². The number of hydrogen-bond acceptors (Lipinski definition) is 6.